The first kappa shape index (κ1) is 14.9. The Kier molecular flexibility index (Phi) is 5.43. The van der Waals surface area contributed by atoms with Gasteiger partial charge in [0.2, 0.25) is 0 Å². The summed E-state index contributed by atoms with van der Waals surface area (Å²) in [5, 5.41) is 7.59. The zero-order valence-corrected chi connectivity index (χ0v) is 13.2. The van der Waals surface area contributed by atoms with E-state index in [0.717, 1.165) is 29.0 Å². The van der Waals surface area contributed by atoms with Gasteiger partial charge in [-0.3, -0.25) is 4.68 Å². The van der Waals surface area contributed by atoms with Crippen molar-refractivity contribution in [3.8, 4) is 5.75 Å². The summed E-state index contributed by atoms with van der Waals surface area (Å²) >= 11 is 3.48. The summed E-state index contributed by atoms with van der Waals surface area (Å²) in [4.78, 5) is 0. The fourth-order valence-corrected chi connectivity index (χ4v) is 2.37. The van der Waals surface area contributed by atoms with Crippen LogP contribution < -0.4 is 10.1 Å². The predicted molar refractivity (Wildman–Crippen MR) is 82.1 cm³/mol. The molecular formula is C14H18BrN3O2. The molecule has 0 aliphatic heterocycles. The predicted octanol–water partition coefficient (Wildman–Crippen LogP) is 2.91. The highest BCUT2D eigenvalue weighted by atomic mass is 79.9. The summed E-state index contributed by atoms with van der Waals surface area (Å²) in [6.07, 6.45) is 3.78. The number of methoxy groups -OCH3 is 2. The van der Waals surface area contributed by atoms with E-state index in [0.29, 0.717) is 6.61 Å². The van der Waals surface area contributed by atoms with Crippen molar-refractivity contribution in [3.63, 3.8) is 0 Å². The van der Waals surface area contributed by atoms with Crippen LogP contribution in [0.15, 0.2) is 35.1 Å². The molecule has 0 aliphatic carbocycles. The first-order valence-corrected chi connectivity index (χ1v) is 7.10. The van der Waals surface area contributed by atoms with Crippen molar-refractivity contribution in [2.24, 2.45) is 0 Å². The Morgan fingerprint density at radius 2 is 2.20 bits per heavy atom. The molecule has 1 aromatic carbocycles. The lowest BCUT2D eigenvalue weighted by molar-refractivity contribution is 0.183. The van der Waals surface area contributed by atoms with Crippen LogP contribution in [0.25, 0.3) is 0 Å². The molecule has 1 aromatic heterocycles. The number of benzene rings is 1. The van der Waals surface area contributed by atoms with Crippen LogP contribution in [0.4, 0.5) is 5.69 Å². The molecule has 20 heavy (non-hydrogen) atoms. The maximum atomic E-state index is 5.21. The summed E-state index contributed by atoms with van der Waals surface area (Å²) in [7, 11) is 3.34. The maximum Gasteiger partial charge on any atom is 0.133 e. The molecule has 0 amide bonds. The van der Waals surface area contributed by atoms with Crippen LogP contribution in [-0.2, 0) is 17.8 Å². The minimum atomic E-state index is 0.659. The third kappa shape index (κ3) is 3.98. The molecule has 2 rings (SSSR count). The summed E-state index contributed by atoms with van der Waals surface area (Å²) < 4.78 is 13.0. The number of rotatable bonds is 7. The molecule has 0 saturated heterocycles. The van der Waals surface area contributed by atoms with Crippen molar-refractivity contribution in [1.82, 2.24) is 9.78 Å². The molecule has 2 aromatic rings. The number of nitrogens with one attached hydrogen (secondary N) is 1. The molecule has 0 aliphatic rings. The van der Waals surface area contributed by atoms with E-state index in [9.17, 15) is 0 Å². The minimum absolute atomic E-state index is 0.659. The Morgan fingerprint density at radius 3 is 2.90 bits per heavy atom. The number of nitrogens with zero attached hydrogens (tertiary/aromatic N) is 2. The molecule has 1 N–H and O–H groups in total. The molecule has 0 unspecified atom stereocenters. The fraction of sp³-hybridized carbons (Fsp3) is 0.357. The van der Waals surface area contributed by atoms with Gasteiger partial charge in [-0.25, -0.2) is 0 Å². The largest absolute Gasteiger partial charge is 0.496 e. The lowest BCUT2D eigenvalue weighted by Gasteiger charge is -2.07. The van der Waals surface area contributed by atoms with Crippen molar-refractivity contribution in [1.29, 1.82) is 0 Å². The zero-order chi connectivity index (χ0) is 14.4. The van der Waals surface area contributed by atoms with Gasteiger partial charge in [0.05, 0.1) is 36.6 Å². The summed E-state index contributed by atoms with van der Waals surface area (Å²) in [6.45, 7) is 2.15. The maximum absolute atomic E-state index is 5.21. The number of hydrogen-bond acceptors (Lipinski definition) is 4. The van der Waals surface area contributed by atoms with Gasteiger partial charge in [-0.05, 0) is 33.6 Å². The highest BCUT2D eigenvalue weighted by molar-refractivity contribution is 9.10. The number of halogens is 1. The van der Waals surface area contributed by atoms with Crippen LogP contribution >= 0.6 is 15.9 Å². The third-order valence-electron chi connectivity index (χ3n) is 2.87. The standard InChI is InChI=1S/C14H18BrN3O2/c1-19-6-5-18-10-12(9-17-18)16-8-11-3-4-14(20-2)13(15)7-11/h3-4,7,9-10,16H,5-6,8H2,1-2H3. The molecule has 0 fully saturated rings. The van der Waals surface area contributed by atoms with Gasteiger partial charge in [0.1, 0.15) is 5.75 Å². The Balaban J connectivity index is 1.91. The molecule has 0 radical (unpaired) electrons. The monoisotopic (exact) mass is 339 g/mol. The van der Waals surface area contributed by atoms with Crippen molar-refractivity contribution in [3.05, 3.63) is 40.6 Å². The molecule has 5 nitrogen and oxygen atoms in total. The van der Waals surface area contributed by atoms with Gasteiger partial charge in [-0.15, -0.1) is 0 Å². The van der Waals surface area contributed by atoms with Gasteiger partial charge in [0.25, 0.3) is 0 Å². The lowest BCUT2D eigenvalue weighted by atomic mass is 10.2. The Morgan fingerprint density at radius 1 is 1.35 bits per heavy atom. The number of aromatic nitrogens is 2. The number of ether oxygens (including phenoxy) is 2. The van der Waals surface area contributed by atoms with Crippen LogP contribution in [0, 0.1) is 0 Å². The van der Waals surface area contributed by atoms with E-state index in [1.807, 2.05) is 35.3 Å². The highest BCUT2D eigenvalue weighted by Gasteiger charge is 2.02. The van der Waals surface area contributed by atoms with E-state index in [2.05, 4.69) is 26.3 Å². The summed E-state index contributed by atoms with van der Waals surface area (Å²) in [5.74, 6) is 0.834. The lowest BCUT2D eigenvalue weighted by Crippen LogP contribution is -2.04. The number of anilines is 1. The molecule has 6 heteroatoms. The Bertz CT molecular complexity index is 557. The SMILES string of the molecule is COCCn1cc(NCc2ccc(OC)c(Br)c2)cn1. The van der Waals surface area contributed by atoms with E-state index >= 15 is 0 Å². The van der Waals surface area contributed by atoms with Crippen molar-refractivity contribution in [2.45, 2.75) is 13.1 Å². The zero-order valence-electron chi connectivity index (χ0n) is 11.6. The second kappa shape index (κ2) is 7.31. The van der Waals surface area contributed by atoms with Crippen LogP contribution in [0.2, 0.25) is 0 Å². The average molecular weight is 340 g/mol. The minimum Gasteiger partial charge on any atom is -0.496 e. The van der Waals surface area contributed by atoms with E-state index in [1.54, 1.807) is 14.2 Å². The van der Waals surface area contributed by atoms with E-state index in [4.69, 9.17) is 9.47 Å². The van der Waals surface area contributed by atoms with Gasteiger partial charge < -0.3 is 14.8 Å². The second-order valence-corrected chi connectivity index (χ2v) is 5.16. The molecule has 1 heterocycles. The Hall–Kier alpha value is -1.53. The third-order valence-corrected chi connectivity index (χ3v) is 3.49. The van der Waals surface area contributed by atoms with E-state index < -0.39 is 0 Å². The highest BCUT2D eigenvalue weighted by Crippen LogP contribution is 2.25. The topological polar surface area (TPSA) is 48.3 Å². The van der Waals surface area contributed by atoms with Gasteiger partial charge in [0.15, 0.2) is 0 Å². The van der Waals surface area contributed by atoms with Crippen LogP contribution in [0.3, 0.4) is 0 Å². The molecule has 108 valence electrons. The van der Waals surface area contributed by atoms with Crippen molar-refractivity contribution < 1.29 is 9.47 Å². The first-order valence-electron chi connectivity index (χ1n) is 6.30. The molecule has 0 saturated carbocycles. The summed E-state index contributed by atoms with van der Waals surface area (Å²) in [6, 6.07) is 6.02. The van der Waals surface area contributed by atoms with E-state index in [1.165, 1.54) is 5.56 Å². The van der Waals surface area contributed by atoms with Gasteiger partial charge in [-0.2, -0.15) is 5.10 Å². The van der Waals surface area contributed by atoms with Crippen LogP contribution in [0.1, 0.15) is 5.56 Å². The average Bonchev–Trinajstić information content (AvgIpc) is 2.91. The van der Waals surface area contributed by atoms with Crippen molar-refractivity contribution in [2.75, 3.05) is 26.1 Å². The molecule has 0 atom stereocenters. The first-order chi connectivity index (χ1) is 9.72. The van der Waals surface area contributed by atoms with E-state index in [-0.39, 0.29) is 0 Å². The van der Waals surface area contributed by atoms with Crippen molar-refractivity contribution >= 4 is 21.6 Å². The van der Waals surface area contributed by atoms with Gasteiger partial charge in [0, 0.05) is 19.9 Å². The summed E-state index contributed by atoms with van der Waals surface area (Å²) in [5.41, 5.74) is 2.16. The molecular weight excluding hydrogens is 322 g/mol. The number of hydrogen-bond donors (Lipinski definition) is 1. The molecule has 0 spiro atoms. The quantitative estimate of drug-likeness (QED) is 0.842. The molecule has 0 bridgehead atoms. The second-order valence-electron chi connectivity index (χ2n) is 4.31. The van der Waals surface area contributed by atoms with Gasteiger partial charge >= 0.3 is 0 Å². The van der Waals surface area contributed by atoms with Crippen LogP contribution in [-0.4, -0.2) is 30.6 Å². The van der Waals surface area contributed by atoms with Gasteiger partial charge in [-0.1, -0.05) is 6.07 Å². The smallest absolute Gasteiger partial charge is 0.133 e. The van der Waals surface area contributed by atoms with Crippen LogP contribution in [0.5, 0.6) is 5.75 Å². The normalized spacial score (nSPS) is 10.6. The fourth-order valence-electron chi connectivity index (χ4n) is 1.79. The Labute approximate surface area is 127 Å².